The van der Waals surface area contributed by atoms with Gasteiger partial charge in [-0.2, -0.15) is 0 Å². The zero-order valence-electron chi connectivity index (χ0n) is 16.5. The molecule has 4 aliphatic rings. The van der Waals surface area contributed by atoms with E-state index in [2.05, 4.69) is 10.6 Å². The third-order valence-corrected chi connectivity index (χ3v) is 6.56. The van der Waals surface area contributed by atoms with Gasteiger partial charge >= 0.3 is 6.03 Å². The standard InChI is InChI=1S/C22H28N2O5/c25-18-9-7-13-6-8-15(10-16(13)18)29-19-12-28-20-17(11-27-21(19)20)24-22(26)23-14-4-2-1-3-5-14/h6,8,10,14,17,19-21H,1-5,7,9,11-12H2,(H2,23,24,26)/t17-,19-,20+,21+/m0/s1. The molecule has 1 aromatic rings. The summed E-state index contributed by atoms with van der Waals surface area (Å²) in [5, 5.41) is 6.10. The molecule has 4 atom stereocenters. The van der Waals surface area contributed by atoms with Gasteiger partial charge in [-0.1, -0.05) is 25.3 Å². The van der Waals surface area contributed by atoms with Crippen molar-refractivity contribution in [3.05, 3.63) is 29.3 Å². The predicted octanol–water partition coefficient (Wildman–Crippen LogP) is 2.36. The molecule has 0 radical (unpaired) electrons. The second kappa shape index (κ2) is 7.95. The predicted molar refractivity (Wildman–Crippen MR) is 105 cm³/mol. The van der Waals surface area contributed by atoms with Crippen LogP contribution in [-0.4, -0.2) is 55.4 Å². The molecule has 0 spiro atoms. The summed E-state index contributed by atoms with van der Waals surface area (Å²) in [6.07, 6.45) is 6.42. The number of carbonyl (C=O) groups is 2. The van der Waals surface area contributed by atoms with Crippen LogP contribution in [0.25, 0.3) is 0 Å². The van der Waals surface area contributed by atoms with Crippen LogP contribution < -0.4 is 15.4 Å². The lowest BCUT2D eigenvalue weighted by Gasteiger charge is -2.24. The van der Waals surface area contributed by atoms with Crippen LogP contribution in [0.3, 0.4) is 0 Å². The van der Waals surface area contributed by atoms with Gasteiger partial charge in [0.25, 0.3) is 0 Å². The largest absolute Gasteiger partial charge is 0.485 e. The number of urea groups is 1. The van der Waals surface area contributed by atoms with Crippen LogP contribution in [0.1, 0.15) is 54.4 Å². The lowest BCUT2D eigenvalue weighted by Crippen LogP contribution is -2.51. The monoisotopic (exact) mass is 400 g/mol. The number of hydrogen-bond donors (Lipinski definition) is 2. The Bertz CT molecular complexity index is 791. The molecule has 7 nitrogen and oxygen atoms in total. The molecule has 0 unspecified atom stereocenters. The maximum atomic E-state index is 12.4. The highest BCUT2D eigenvalue weighted by Gasteiger charge is 2.49. The van der Waals surface area contributed by atoms with Crippen LogP contribution in [0.4, 0.5) is 4.79 Å². The first-order chi connectivity index (χ1) is 14.2. The van der Waals surface area contributed by atoms with Crippen molar-refractivity contribution in [2.45, 2.75) is 75.3 Å². The summed E-state index contributed by atoms with van der Waals surface area (Å²) in [4.78, 5) is 24.3. The molecule has 7 heteroatoms. The number of amides is 2. The molecular formula is C22H28N2O5. The number of Topliss-reactive ketones (excluding diaryl/α,β-unsaturated/α-hetero) is 1. The first-order valence-corrected chi connectivity index (χ1v) is 10.8. The maximum Gasteiger partial charge on any atom is 0.315 e. The van der Waals surface area contributed by atoms with Crippen molar-refractivity contribution in [1.82, 2.24) is 10.6 Å². The second-order valence-corrected chi connectivity index (χ2v) is 8.55. The van der Waals surface area contributed by atoms with Gasteiger partial charge in [0.15, 0.2) is 11.9 Å². The van der Waals surface area contributed by atoms with E-state index in [1.165, 1.54) is 19.3 Å². The van der Waals surface area contributed by atoms with E-state index in [1.54, 1.807) is 0 Å². The minimum Gasteiger partial charge on any atom is -0.485 e. The van der Waals surface area contributed by atoms with Gasteiger partial charge in [0.1, 0.15) is 18.0 Å². The SMILES string of the molecule is O=C(NC1CCCCC1)N[C@H]1CO[C@H]2[C@@H]1OC[C@@H]2Oc1ccc2c(c1)C(=O)CC2. The highest BCUT2D eigenvalue weighted by Crippen LogP contribution is 2.32. The van der Waals surface area contributed by atoms with Gasteiger partial charge in [0.2, 0.25) is 0 Å². The number of rotatable bonds is 4. The maximum absolute atomic E-state index is 12.4. The van der Waals surface area contributed by atoms with E-state index in [9.17, 15) is 9.59 Å². The fourth-order valence-corrected chi connectivity index (χ4v) is 5.00. The van der Waals surface area contributed by atoms with E-state index in [0.717, 1.165) is 30.4 Å². The molecule has 0 aromatic heterocycles. The van der Waals surface area contributed by atoms with Crippen molar-refractivity contribution >= 4 is 11.8 Å². The van der Waals surface area contributed by atoms with Crippen molar-refractivity contribution in [1.29, 1.82) is 0 Å². The molecule has 2 saturated heterocycles. The van der Waals surface area contributed by atoms with Crippen LogP contribution >= 0.6 is 0 Å². The third kappa shape index (κ3) is 3.85. The first-order valence-electron chi connectivity index (χ1n) is 10.8. The molecule has 1 saturated carbocycles. The van der Waals surface area contributed by atoms with E-state index in [1.807, 2.05) is 18.2 Å². The average molecular weight is 400 g/mol. The number of carbonyl (C=O) groups excluding carboxylic acids is 2. The Morgan fingerprint density at radius 1 is 1.00 bits per heavy atom. The highest BCUT2D eigenvalue weighted by molar-refractivity contribution is 6.00. The smallest absolute Gasteiger partial charge is 0.315 e. The summed E-state index contributed by atoms with van der Waals surface area (Å²) < 4.78 is 17.9. The van der Waals surface area contributed by atoms with E-state index in [0.29, 0.717) is 25.4 Å². The van der Waals surface area contributed by atoms with Crippen molar-refractivity contribution in [2.75, 3.05) is 13.2 Å². The van der Waals surface area contributed by atoms with Crippen LogP contribution in [0.15, 0.2) is 18.2 Å². The molecule has 156 valence electrons. The van der Waals surface area contributed by atoms with Gasteiger partial charge in [-0.15, -0.1) is 0 Å². The molecule has 2 aliphatic carbocycles. The van der Waals surface area contributed by atoms with Gasteiger partial charge in [0.05, 0.1) is 19.3 Å². The second-order valence-electron chi connectivity index (χ2n) is 8.55. The van der Waals surface area contributed by atoms with Crippen molar-refractivity contribution in [3.8, 4) is 5.75 Å². The van der Waals surface area contributed by atoms with Crippen LogP contribution in [-0.2, 0) is 15.9 Å². The molecular weight excluding hydrogens is 372 g/mol. The fraction of sp³-hybridized carbons (Fsp3) is 0.636. The minimum absolute atomic E-state index is 0.142. The number of ketones is 1. The topological polar surface area (TPSA) is 85.9 Å². The minimum atomic E-state index is -0.247. The van der Waals surface area contributed by atoms with Crippen LogP contribution in [0.2, 0.25) is 0 Å². The first kappa shape index (κ1) is 18.9. The molecule has 29 heavy (non-hydrogen) atoms. The lowest BCUT2D eigenvalue weighted by atomic mass is 9.96. The molecule has 5 rings (SSSR count). The quantitative estimate of drug-likeness (QED) is 0.810. The normalized spacial score (nSPS) is 31.4. The Hall–Kier alpha value is -2.12. The van der Waals surface area contributed by atoms with E-state index < -0.39 is 0 Å². The van der Waals surface area contributed by atoms with Gasteiger partial charge in [-0.25, -0.2) is 4.79 Å². The summed E-state index contributed by atoms with van der Waals surface area (Å²) in [7, 11) is 0. The Morgan fingerprint density at radius 3 is 2.69 bits per heavy atom. The van der Waals surface area contributed by atoms with Gasteiger partial charge in [0, 0.05) is 18.0 Å². The Balaban J connectivity index is 1.17. The van der Waals surface area contributed by atoms with Gasteiger partial charge in [-0.3, -0.25) is 4.79 Å². The van der Waals surface area contributed by atoms with Gasteiger partial charge in [-0.05, 0) is 37.0 Å². The van der Waals surface area contributed by atoms with Crippen molar-refractivity contribution in [2.24, 2.45) is 0 Å². The van der Waals surface area contributed by atoms with Crippen LogP contribution in [0.5, 0.6) is 5.75 Å². The Morgan fingerprint density at radius 2 is 1.83 bits per heavy atom. The van der Waals surface area contributed by atoms with Gasteiger partial charge < -0.3 is 24.8 Å². The Kier molecular flexibility index (Phi) is 5.18. The lowest BCUT2D eigenvalue weighted by molar-refractivity contribution is 0.0303. The molecule has 1 aromatic carbocycles. The fourth-order valence-electron chi connectivity index (χ4n) is 5.00. The Labute approximate surface area is 170 Å². The zero-order chi connectivity index (χ0) is 19.8. The third-order valence-electron chi connectivity index (χ3n) is 6.56. The summed E-state index contributed by atoms with van der Waals surface area (Å²) in [5.41, 5.74) is 1.86. The molecule has 2 N–H and O–H groups in total. The number of nitrogens with one attached hydrogen (secondary N) is 2. The zero-order valence-corrected chi connectivity index (χ0v) is 16.5. The number of ether oxygens (including phenoxy) is 3. The van der Waals surface area contributed by atoms with Crippen molar-refractivity contribution in [3.63, 3.8) is 0 Å². The summed E-state index contributed by atoms with van der Waals surface area (Å²) >= 11 is 0. The van der Waals surface area contributed by atoms with E-state index in [4.69, 9.17) is 14.2 Å². The number of fused-ring (bicyclic) bond motifs is 2. The average Bonchev–Trinajstić information content (AvgIpc) is 3.41. The molecule has 2 amide bonds. The summed E-state index contributed by atoms with van der Waals surface area (Å²) in [6.45, 7) is 0.818. The van der Waals surface area contributed by atoms with E-state index >= 15 is 0 Å². The molecule has 2 aliphatic heterocycles. The molecule has 0 bridgehead atoms. The highest BCUT2D eigenvalue weighted by atomic mass is 16.6. The van der Waals surface area contributed by atoms with E-state index in [-0.39, 0.29) is 42.2 Å². The number of hydrogen-bond acceptors (Lipinski definition) is 5. The summed E-state index contributed by atoms with van der Waals surface area (Å²) in [5.74, 6) is 0.847. The molecule has 3 fully saturated rings. The number of aryl methyl sites for hydroxylation is 1. The number of benzene rings is 1. The molecule has 2 heterocycles. The summed E-state index contributed by atoms with van der Waals surface area (Å²) in [6, 6.07) is 5.66. The van der Waals surface area contributed by atoms with Crippen LogP contribution in [0, 0.1) is 0 Å². The van der Waals surface area contributed by atoms with Crippen molar-refractivity contribution < 1.29 is 23.8 Å².